The van der Waals surface area contributed by atoms with Crippen LogP contribution in [0.15, 0.2) is 41.0 Å². The van der Waals surface area contributed by atoms with E-state index in [1.165, 1.54) is 22.4 Å². The van der Waals surface area contributed by atoms with Crippen LogP contribution in [0.1, 0.15) is 22.8 Å². The molecule has 6 nitrogen and oxygen atoms in total. The third-order valence-corrected chi connectivity index (χ3v) is 8.13. The summed E-state index contributed by atoms with van der Waals surface area (Å²) in [5, 5.41) is 3.73. The molecule has 1 aliphatic heterocycles. The van der Waals surface area contributed by atoms with Gasteiger partial charge in [-0.05, 0) is 48.6 Å². The number of ketones is 1. The number of hydrogen-bond donors (Lipinski definition) is 0. The minimum atomic E-state index is -3.27. The topological polar surface area (TPSA) is 80.2 Å². The molecule has 0 atom stereocenters. The number of nitrogens with zero attached hydrogens (tertiary/aromatic N) is 3. The summed E-state index contributed by atoms with van der Waals surface area (Å²) < 4.78 is 25.8. The van der Waals surface area contributed by atoms with Crippen LogP contribution < -0.4 is 4.31 Å². The second-order valence-electron chi connectivity index (χ2n) is 6.10. The second kappa shape index (κ2) is 7.21. The first-order chi connectivity index (χ1) is 13.0. The molecule has 0 N–H and O–H groups in total. The second-order valence-corrected chi connectivity index (χ2v) is 10.1. The number of thioether (sulfide) groups is 1. The Labute approximate surface area is 165 Å². The van der Waals surface area contributed by atoms with Crippen LogP contribution in [0, 0.1) is 0 Å². The molecule has 140 valence electrons. The first kappa shape index (κ1) is 18.4. The van der Waals surface area contributed by atoms with Gasteiger partial charge in [-0.2, -0.15) is 0 Å². The number of anilines is 1. The van der Waals surface area contributed by atoms with Gasteiger partial charge in [0.2, 0.25) is 10.0 Å². The summed E-state index contributed by atoms with van der Waals surface area (Å²) in [6.45, 7) is 2.08. The van der Waals surface area contributed by atoms with Crippen molar-refractivity contribution in [2.45, 2.75) is 18.4 Å². The number of carbonyl (C=O) groups is 1. The van der Waals surface area contributed by atoms with Gasteiger partial charge in [-0.25, -0.2) is 18.4 Å². The van der Waals surface area contributed by atoms with E-state index < -0.39 is 10.0 Å². The van der Waals surface area contributed by atoms with Crippen LogP contribution in [0.5, 0.6) is 0 Å². The van der Waals surface area contributed by atoms with Gasteiger partial charge in [-0.3, -0.25) is 9.10 Å². The molecule has 3 heterocycles. The molecule has 3 aromatic rings. The van der Waals surface area contributed by atoms with Gasteiger partial charge >= 0.3 is 0 Å². The van der Waals surface area contributed by atoms with Crippen molar-refractivity contribution in [2.75, 3.05) is 22.4 Å². The average molecular weight is 420 g/mol. The van der Waals surface area contributed by atoms with E-state index >= 15 is 0 Å². The van der Waals surface area contributed by atoms with E-state index in [0.29, 0.717) is 24.2 Å². The SMILES string of the molecule is CCS(=O)(=O)N1CCc2cc(C(=O)CSc3ncnc4sccc34)ccc21. The zero-order valence-electron chi connectivity index (χ0n) is 14.6. The fourth-order valence-corrected chi connectivity index (χ4v) is 5.92. The minimum Gasteiger partial charge on any atom is -0.293 e. The Morgan fingerprint density at radius 3 is 2.96 bits per heavy atom. The van der Waals surface area contributed by atoms with Gasteiger partial charge in [0.05, 0.1) is 17.2 Å². The van der Waals surface area contributed by atoms with Crippen LogP contribution in [0.3, 0.4) is 0 Å². The van der Waals surface area contributed by atoms with Gasteiger partial charge in [-0.15, -0.1) is 11.3 Å². The first-order valence-corrected chi connectivity index (χ1v) is 11.9. The summed E-state index contributed by atoms with van der Waals surface area (Å²) in [6.07, 6.45) is 2.15. The van der Waals surface area contributed by atoms with E-state index in [2.05, 4.69) is 9.97 Å². The van der Waals surface area contributed by atoms with Crippen molar-refractivity contribution in [1.82, 2.24) is 9.97 Å². The highest BCUT2D eigenvalue weighted by molar-refractivity contribution is 8.00. The Hall–Kier alpha value is -1.97. The molecule has 1 aliphatic rings. The van der Waals surface area contributed by atoms with E-state index in [4.69, 9.17) is 0 Å². The predicted molar refractivity (Wildman–Crippen MR) is 109 cm³/mol. The van der Waals surface area contributed by atoms with Crippen LogP contribution in [0.4, 0.5) is 5.69 Å². The monoisotopic (exact) mass is 419 g/mol. The summed E-state index contributed by atoms with van der Waals surface area (Å²) in [6, 6.07) is 7.25. The number of carbonyl (C=O) groups excluding carboxylic acids is 1. The first-order valence-electron chi connectivity index (χ1n) is 8.47. The lowest BCUT2D eigenvalue weighted by molar-refractivity contribution is 0.102. The van der Waals surface area contributed by atoms with Crippen molar-refractivity contribution in [3.8, 4) is 0 Å². The molecule has 2 aromatic heterocycles. The van der Waals surface area contributed by atoms with E-state index in [0.717, 1.165) is 20.8 Å². The van der Waals surface area contributed by atoms with Gasteiger partial charge in [0.1, 0.15) is 16.2 Å². The normalized spacial score (nSPS) is 13.9. The molecule has 0 unspecified atom stereocenters. The fraction of sp³-hybridized carbons (Fsp3) is 0.278. The molecule has 0 saturated carbocycles. The number of rotatable bonds is 6. The van der Waals surface area contributed by atoms with Crippen molar-refractivity contribution in [1.29, 1.82) is 0 Å². The number of thiophene rings is 1. The Kier molecular flexibility index (Phi) is 4.92. The highest BCUT2D eigenvalue weighted by Gasteiger charge is 2.28. The molecule has 0 bridgehead atoms. The number of Topliss-reactive ketones (excluding diaryl/α,β-unsaturated/α-hetero) is 1. The lowest BCUT2D eigenvalue weighted by Crippen LogP contribution is -2.30. The number of sulfonamides is 1. The van der Waals surface area contributed by atoms with Gasteiger partial charge in [0.25, 0.3) is 0 Å². The minimum absolute atomic E-state index is 0.00147. The molecular weight excluding hydrogens is 402 g/mol. The largest absolute Gasteiger partial charge is 0.293 e. The van der Waals surface area contributed by atoms with Crippen LogP contribution >= 0.6 is 23.1 Å². The number of hydrogen-bond acceptors (Lipinski definition) is 7. The van der Waals surface area contributed by atoms with E-state index in [9.17, 15) is 13.2 Å². The molecule has 0 saturated heterocycles. The quantitative estimate of drug-likeness (QED) is 0.346. The Morgan fingerprint density at radius 1 is 1.30 bits per heavy atom. The van der Waals surface area contributed by atoms with Crippen LogP contribution in [-0.2, 0) is 16.4 Å². The standard InChI is InChI=1S/C18H17N3O3S3/c1-2-27(23,24)21-7-5-12-9-13(3-4-15(12)21)16(22)10-26-18-14-6-8-25-17(14)19-11-20-18/h3-4,6,8-9,11H,2,5,7,10H2,1H3. The molecule has 4 rings (SSSR count). The van der Waals surface area contributed by atoms with Crippen molar-refractivity contribution in [2.24, 2.45) is 0 Å². The maximum Gasteiger partial charge on any atom is 0.234 e. The number of aromatic nitrogens is 2. The summed E-state index contributed by atoms with van der Waals surface area (Å²) in [7, 11) is -3.27. The molecule has 0 amide bonds. The Balaban J connectivity index is 1.51. The molecular formula is C18H17N3O3S3. The lowest BCUT2D eigenvalue weighted by atomic mass is 10.1. The van der Waals surface area contributed by atoms with Crippen molar-refractivity contribution in [3.63, 3.8) is 0 Å². The Bertz CT molecular complexity index is 1130. The Morgan fingerprint density at radius 2 is 2.15 bits per heavy atom. The summed E-state index contributed by atoms with van der Waals surface area (Å²) in [4.78, 5) is 22.0. The van der Waals surface area contributed by atoms with Gasteiger partial charge in [0, 0.05) is 17.5 Å². The van der Waals surface area contributed by atoms with Gasteiger partial charge in [0.15, 0.2) is 5.78 Å². The van der Waals surface area contributed by atoms with E-state index in [1.807, 2.05) is 17.5 Å². The van der Waals surface area contributed by atoms with Crippen molar-refractivity contribution >= 4 is 54.8 Å². The van der Waals surface area contributed by atoms with Gasteiger partial charge in [-0.1, -0.05) is 11.8 Å². The third kappa shape index (κ3) is 3.46. The highest BCUT2D eigenvalue weighted by atomic mass is 32.2. The van der Waals surface area contributed by atoms with Crippen molar-refractivity contribution < 1.29 is 13.2 Å². The molecule has 0 spiro atoms. The maximum atomic E-state index is 12.6. The van der Waals surface area contributed by atoms with E-state index in [-0.39, 0.29) is 17.3 Å². The van der Waals surface area contributed by atoms with E-state index in [1.54, 1.807) is 30.4 Å². The smallest absolute Gasteiger partial charge is 0.234 e. The van der Waals surface area contributed by atoms with Crippen LogP contribution in [-0.4, -0.2) is 42.2 Å². The number of benzene rings is 1. The molecule has 0 fully saturated rings. The van der Waals surface area contributed by atoms with Crippen LogP contribution in [0.2, 0.25) is 0 Å². The predicted octanol–water partition coefficient (Wildman–Crippen LogP) is 3.38. The molecule has 0 aliphatic carbocycles. The van der Waals surface area contributed by atoms with Crippen molar-refractivity contribution in [3.05, 3.63) is 47.1 Å². The molecule has 9 heteroatoms. The fourth-order valence-electron chi connectivity index (χ4n) is 3.09. The summed E-state index contributed by atoms with van der Waals surface area (Å²) in [5.41, 5.74) is 2.20. The number of fused-ring (bicyclic) bond motifs is 2. The lowest BCUT2D eigenvalue weighted by Gasteiger charge is -2.18. The molecule has 27 heavy (non-hydrogen) atoms. The third-order valence-electron chi connectivity index (χ3n) is 4.52. The molecule has 1 aromatic carbocycles. The molecule has 0 radical (unpaired) electrons. The summed E-state index contributed by atoms with van der Waals surface area (Å²) in [5.74, 6) is 0.346. The van der Waals surface area contributed by atoms with Crippen LogP contribution in [0.25, 0.3) is 10.2 Å². The highest BCUT2D eigenvalue weighted by Crippen LogP contribution is 2.32. The zero-order chi connectivity index (χ0) is 19.0. The van der Waals surface area contributed by atoms with Gasteiger partial charge < -0.3 is 0 Å². The summed E-state index contributed by atoms with van der Waals surface area (Å²) >= 11 is 2.95. The average Bonchev–Trinajstić information content (AvgIpc) is 3.32. The maximum absolute atomic E-state index is 12.6. The zero-order valence-corrected chi connectivity index (χ0v) is 17.0.